The van der Waals surface area contributed by atoms with E-state index in [9.17, 15) is 22.8 Å². The zero-order chi connectivity index (χ0) is 15.2. The number of H-pyrrole nitrogens is 2. The molecule has 0 bridgehead atoms. The summed E-state index contributed by atoms with van der Waals surface area (Å²) in [5.41, 5.74) is -1.33. The van der Waals surface area contributed by atoms with E-state index < -0.39 is 33.7 Å². The lowest BCUT2D eigenvalue weighted by molar-refractivity contribution is 0.0863. The number of fused-ring (bicyclic) bond motifs is 1. The number of rotatable bonds is 2. The molecule has 8 nitrogen and oxygen atoms in total. The van der Waals surface area contributed by atoms with Crippen LogP contribution in [0.2, 0.25) is 0 Å². The molecular weight excluding hydrogens is 298 g/mol. The van der Waals surface area contributed by atoms with Gasteiger partial charge in [-0.25, -0.2) is 17.5 Å². The van der Waals surface area contributed by atoms with Crippen LogP contribution in [0.25, 0.3) is 0 Å². The van der Waals surface area contributed by atoms with Gasteiger partial charge in [0.15, 0.2) is 0 Å². The van der Waals surface area contributed by atoms with Crippen LogP contribution in [0.5, 0.6) is 0 Å². The number of aromatic nitrogens is 2. The van der Waals surface area contributed by atoms with Gasteiger partial charge in [0, 0.05) is 11.8 Å². The molecule has 0 spiro atoms. The summed E-state index contributed by atoms with van der Waals surface area (Å²) in [5.74, 6) is -0.688. The first kappa shape index (κ1) is 13.3. The van der Waals surface area contributed by atoms with E-state index in [-0.39, 0.29) is 16.2 Å². The number of nitrogens with one attached hydrogen (secondary N) is 2. The van der Waals surface area contributed by atoms with Crippen molar-refractivity contribution < 1.29 is 13.2 Å². The Morgan fingerprint density at radius 2 is 1.76 bits per heavy atom. The second-order valence-corrected chi connectivity index (χ2v) is 6.26. The second kappa shape index (κ2) is 4.42. The highest BCUT2D eigenvalue weighted by molar-refractivity contribution is 7.90. The fraction of sp³-hybridized carbons (Fsp3) is 0.0833. The molecule has 1 aliphatic heterocycles. The highest BCUT2D eigenvalue weighted by Crippen LogP contribution is 2.30. The summed E-state index contributed by atoms with van der Waals surface area (Å²) < 4.78 is 25.2. The number of nitrogens with zero attached hydrogens (tertiary/aromatic N) is 1. The first-order valence-electron chi connectivity index (χ1n) is 5.88. The van der Waals surface area contributed by atoms with Crippen LogP contribution in [-0.2, 0) is 16.6 Å². The van der Waals surface area contributed by atoms with Crippen LogP contribution >= 0.6 is 0 Å². The van der Waals surface area contributed by atoms with Crippen molar-refractivity contribution in [3.8, 4) is 0 Å². The Bertz CT molecular complexity index is 929. The van der Waals surface area contributed by atoms with Gasteiger partial charge in [0.1, 0.15) is 4.90 Å². The molecule has 1 aromatic heterocycles. The predicted octanol–water partition coefficient (Wildman–Crippen LogP) is -0.592. The van der Waals surface area contributed by atoms with E-state index in [1.165, 1.54) is 18.2 Å². The van der Waals surface area contributed by atoms with Gasteiger partial charge in [-0.1, -0.05) is 12.1 Å². The third-order valence-corrected chi connectivity index (χ3v) is 4.83. The lowest BCUT2D eigenvalue weighted by atomic mass is 10.2. The van der Waals surface area contributed by atoms with Crippen molar-refractivity contribution in [1.82, 2.24) is 14.3 Å². The third kappa shape index (κ3) is 2.07. The van der Waals surface area contributed by atoms with E-state index in [1.807, 2.05) is 4.98 Å². The molecule has 2 N–H and O–H groups in total. The monoisotopic (exact) mass is 307 g/mol. The number of benzene rings is 1. The summed E-state index contributed by atoms with van der Waals surface area (Å²) in [6, 6.07) is 6.86. The van der Waals surface area contributed by atoms with Crippen molar-refractivity contribution in [2.24, 2.45) is 0 Å². The van der Waals surface area contributed by atoms with Gasteiger partial charge in [0.25, 0.3) is 21.5 Å². The molecule has 2 aromatic rings. The van der Waals surface area contributed by atoms with Gasteiger partial charge in [-0.05, 0) is 12.1 Å². The maximum atomic E-state index is 12.3. The van der Waals surface area contributed by atoms with Crippen LogP contribution in [0.15, 0.2) is 44.8 Å². The molecule has 0 atom stereocenters. The van der Waals surface area contributed by atoms with Gasteiger partial charge >= 0.3 is 5.69 Å². The molecule has 3 rings (SSSR count). The second-order valence-electron chi connectivity index (χ2n) is 4.43. The van der Waals surface area contributed by atoms with Crippen LogP contribution in [0.4, 0.5) is 0 Å². The number of carbonyl (C=O) groups excluding carboxylic acids is 1. The maximum Gasteiger partial charge on any atom is 0.325 e. The molecule has 0 fully saturated rings. The number of aromatic amines is 2. The molecule has 0 radical (unpaired) electrons. The van der Waals surface area contributed by atoms with Gasteiger partial charge in [-0.15, -0.1) is 0 Å². The fourth-order valence-electron chi connectivity index (χ4n) is 2.15. The summed E-state index contributed by atoms with van der Waals surface area (Å²) in [6.45, 7) is -0.408. The van der Waals surface area contributed by atoms with E-state index >= 15 is 0 Å². The van der Waals surface area contributed by atoms with Gasteiger partial charge < -0.3 is 4.98 Å². The standard InChI is InChI=1S/C12H9N3O5S/c16-10-5-7(13-12(18)14-10)6-15-11(17)8-3-1-2-4-9(8)21(15,19)20/h1-5H,6H2,(H2,13,14,16,18). The number of sulfonamides is 1. The topological polar surface area (TPSA) is 120 Å². The Labute approximate surface area is 118 Å². The fourth-order valence-corrected chi connectivity index (χ4v) is 3.69. The largest absolute Gasteiger partial charge is 0.325 e. The molecule has 0 aliphatic carbocycles. The minimum atomic E-state index is -3.97. The van der Waals surface area contributed by atoms with Crippen molar-refractivity contribution >= 4 is 15.9 Å². The third-order valence-electron chi connectivity index (χ3n) is 3.04. The summed E-state index contributed by atoms with van der Waals surface area (Å²) in [5, 5.41) is 0. The van der Waals surface area contributed by atoms with E-state index in [0.29, 0.717) is 4.31 Å². The van der Waals surface area contributed by atoms with Crippen LogP contribution in [0, 0.1) is 0 Å². The van der Waals surface area contributed by atoms with Crippen LogP contribution < -0.4 is 11.2 Å². The van der Waals surface area contributed by atoms with Crippen molar-refractivity contribution in [1.29, 1.82) is 0 Å². The molecule has 0 saturated carbocycles. The highest BCUT2D eigenvalue weighted by atomic mass is 32.2. The van der Waals surface area contributed by atoms with Crippen LogP contribution in [0.1, 0.15) is 16.1 Å². The minimum absolute atomic E-state index is 0.0356. The Morgan fingerprint density at radius 1 is 1.05 bits per heavy atom. The lowest BCUT2D eigenvalue weighted by Crippen LogP contribution is -2.32. The Morgan fingerprint density at radius 3 is 2.43 bits per heavy atom. The van der Waals surface area contributed by atoms with E-state index in [4.69, 9.17) is 0 Å². The average molecular weight is 307 g/mol. The van der Waals surface area contributed by atoms with E-state index in [0.717, 1.165) is 6.07 Å². The zero-order valence-electron chi connectivity index (χ0n) is 10.5. The summed E-state index contributed by atoms with van der Waals surface area (Å²) in [4.78, 5) is 38.7. The first-order valence-corrected chi connectivity index (χ1v) is 7.32. The number of amides is 1. The number of hydrogen-bond acceptors (Lipinski definition) is 5. The highest BCUT2D eigenvalue weighted by Gasteiger charge is 2.40. The molecule has 1 aliphatic rings. The molecule has 108 valence electrons. The van der Waals surface area contributed by atoms with Crippen molar-refractivity contribution in [2.45, 2.75) is 11.4 Å². The Kier molecular flexibility index (Phi) is 2.80. The molecular formula is C12H9N3O5S. The molecule has 9 heteroatoms. The average Bonchev–Trinajstić information content (AvgIpc) is 2.60. The molecule has 1 aromatic carbocycles. The smallest absolute Gasteiger partial charge is 0.309 e. The summed E-state index contributed by atoms with van der Waals surface area (Å²) in [6.07, 6.45) is 0. The van der Waals surface area contributed by atoms with Gasteiger partial charge in [0.05, 0.1) is 12.1 Å². The molecule has 21 heavy (non-hydrogen) atoms. The van der Waals surface area contributed by atoms with E-state index in [2.05, 4.69) is 4.98 Å². The normalized spacial score (nSPS) is 16.0. The Hall–Kier alpha value is -2.68. The molecule has 2 heterocycles. The maximum absolute atomic E-state index is 12.3. The van der Waals surface area contributed by atoms with Gasteiger partial charge in [0.2, 0.25) is 0 Å². The quantitative estimate of drug-likeness (QED) is 0.768. The van der Waals surface area contributed by atoms with Gasteiger partial charge in [-0.3, -0.25) is 14.6 Å². The van der Waals surface area contributed by atoms with Crippen molar-refractivity contribution in [3.05, 3.63) is 62.4 Å². The zero-order valence-corrected chi connectivity index (χ0v) is 11.3. The first-order chi connectivity index (χ1) is 9.89. The molecule has 0 unspecified atom stereocenters. The molecule has 1 amide bonds. The van der Waals surface area contributed by atoms with Crippen molar-refractivity contribution in [2.75, 3.05) is 0 Å². The number of carbonyl (C=O) groups is 1. The van der Waals surface area contributed by atoms with E-state index in [1.54, 1.807) is 6.07 Å². The van der Waals surface area contributed by atoms with Gasteiger partial charge in [-0.2, -0.15) is 0 Å². The summed E-state index contributed by atoms with van der Waals surface area (Å²) in [7, 11) is -3.97. The van der Waals surface area contributed by atoms with Crippen LogP contribution in [0.3, 0.4) is 0 Å². The minimum Gasteiger partial charge on any atom is -0.309 e. The van der Waals surface area contributed by atoms with Crippen LogP contribution in [-0.4, -0.2) is 28.6 Å². The number of hydrogen-bond donors (Lipinski definition) is 2. The van der Waals surface area contributed by atoms with Crippen molar-refractivity contribution in [3.63, 3.8) is 0 Å². The Balaban J connectivity index is 2.07. The predicted molar refractivity (Wildman–Crippen MR) is 71.2 cm³/mol. The SMILES string of the molecule is O=C1c2ccccc2S(=O)(=O)N1Cc1cc(=O)[nH]c(=O)[nH]1. The molecule has 0 saturated heterocycles. The lowest BCUT2D eigenvalue weighted by Gasteiger charge is -2.14. The summed E-state index contributed by atoms with van der Waals surface area (Å²) >= 11 is 0.